The van der Waals surface area contributed by atoms with Gasteiger partial charge < -0.3 is 10.0 Å². The van der Waals surface area contributed by atoms with Crippen LogP contribution in [0.5, 0.6) is 0 Å². The summed E-state index contributed by atoms with van der Waals surface area (Å²) in [4.78, 5) is 28.8. The summed E-state index contributed by atoms with van der Waals surface area (Å²) in [6.07, 6.45) is 2.92. The predicted octanol–water partition coefficient (Wildman–Crippen LogP) is 2.97. The van der Waals surface area contributed by atoms with Crippen molar-refractivity contribution in [3.05, 3.63) is 58.8 Å². The van der Waals surface area contributed by atoms with E-state index >= 15 is 0 Å². The van der Waals surface area contributed by atoms with E-state index in [2.05, 4.69) is 20.9 Å². The molecule has 0 aliphatic rings. The molecule has 0 aliphatic carbocycles. The fourth-order valence-electron chi connectivity index (χ4n) is 1.85. The monoisotopic (exact) mass is 348 g/mol. The van der Waals surface area contributed by atoms with E-state index < -0.39 is 5.97 Å². The van der Waals surface area contributed by atoms with Gasteiger partial charge in [0.15, 0.2) is 0 Å². The molecule has 0 aliphatic heterocycles. The molecule has 1 aromatic heterocycles. The number of aromatic nitrogens is 1. The molecule has 0 radical (unpaired) electrons. The number of carboxylic acids is 1. The van der Waals surface area contributed by atoms with Gasteiger partial charge in [-0.3, -0.25) is 14.6 Å². The third kappa shape index (κ3) is 4.13. The van der Waals surface area contributed by atoms with E-state index in [-0.39, 0.29) is 18.9 Å². The summed E-state index contributed by atoms with van der Waals surface area (Å²) in [5.74, 6) is -1.23. The molecule has 1 aromatic carbocycles. The fraction of sp³-hybridized carbons (Fsp3) is 0.133. The smallest absolute Gasteiger partial charge is 0.305 e. The highest BCUT2D eigenvalue weighted by Crippen LogP contribution is 2.18. The Morgan fingerprint density at radius 1 is 1.19 bits per heavy atom. The molecule has 0 atom stereocenters. The zero-order valence-electron chi connectivity index (χ0n) is 11.1. The third-order valence-corrected chi connectivity index (χ3v) is 3.25. The second kappa shape index (κ2) is 6.99. The largest absolute Gasteiger partial charge is 0.481 e. The van der Waals surface area contributed by atoms with Crippen LogP contribution in [0.25, 0.3) is 0 Å². The Morgan fingerprint density at radius 3 is 2.52 bits per heavy atom. The van der Waals surface area contributed by atoms with E-state index in [1.54, 1.807) is 36.5 Å². The van der Waals surface area contributed by atoms with Crippen LogP contribution in [0.15, 0.2) is 53.3 Å². The van der Waals surface area contributed by atoms with E-state index in [0.717, 1.165) is 0 Å². The molecule has 21 heavy (non-hydrogen) atoms. The van der Waals surface area contributed by atoms with Crippen molar-refractivity contribution in [2.45, 2.75) is 6.42 Å². The van der Waals surface area contributed by atoms with Gasteiger partial charge in [0.05, 0.1) is 12.0 Å². The first-order valence-corrected chi connectivity index (χ1v) is 7.06. The van der Waals surface area contributed by atoms with Crippen LogP contribution in [0.3, 0.4) is 0 Å². The number of anilines is 1. The first-order chi connectivity index (χ1) is 10.1. The maximum atomic E-state index is 12.6. The Balaban J connectivity index is 2.30. The molecule has 1 heterocycles. The molecule has 2 rings (SSSR count). The second-order valence-electron chi connectivity index (χ2n) is 4.33. The van der Waals surface area contributed by atoms with Gasteiger partial charge in [-0.25, -0.2) is 0 Å². The van der Waals surface area contributed by atoms with Crippen LogP contribution in [0, 0.1) is 0 Å². The molecule has 5 nitrogen and oxygen atoms in total. The van der Waals surface area contributed by atoms with Crippen molar-refractivity contribution in [1.29, 1.82) is 0 Å². The minimum atomic E-state index is -0.948. The molecule has 0 spiro atoms. The van der Waals surface area contributed by atoms with Gasteiger partial charge in [0, 0.05) is 29.1 Å². The topological polar surface area (TPSA) is 70.5 Å². The highest BCUT2D eigenvalue weighted by Gasteiger charge is 2.19. The van der Waals surface area contributed by atoms with Crippen molar-refractivity contribution in [1.82, 2.24) is 4.98 Å². The normalized spacial score (nSPS) is 10.1. The number of pyridine rings is 1. The van der Waals surface area contributed by atoms with E-state index in [1.165, 1.54) is 11.1 Å². The summed E-state index contributed by atoms with van der Waals surface area (Å²) in [6.45, 7) is 0.102. The van der Waals surface area contributed by atoms with Gasteiger partial charge in [-0.15, -0.1) is 0 Å². The molecule has 6 heteroatoms. The lowest BCUT2D eigenvalue weighted by molar-refractivity contribution is -0.136. The number of hydrogen-bond donors (Lipinski definition) is 1. The average Bonchev–Trinajstić information content (AvgIpc) is 2.48. The van der Waals surface area contributed by atoms with Crippen molar-refractivity contribution in [3.8, 4) is 0 Å². The summed E-state index contributed by atoms with van der Waals surface area (Å²) in [5, 5.41) is 8.85. The second-order valence-corrected chi connectivity index (χ2v) is 5.24. The van der Waals surface area contributed by atoms with Crippen LogP contribution in [-0.4, -0.2) is 28.5 Å². The lowest BCUT2D eigenvalue weighted by Gasteiger charge is -2.22. The van der Waals surface area contributed by atoms with Gasteiger partial charge in [-0.05, 0) is 34.1 Å². The number of carbonyl (C=O) groups excluding carboxylic acids is 1. The van der Waals surface area contributed by atoms with E-state index in [9.17, 15) is 9.59 Å². The van der Waals surface area contributed by atoms with E-state index in [4.69, 9.17) is 5.11 Å². The quantitative estimate of drug-likeness (QED) is 0.901. The zero-order chi connectivity index (χ0) is 15.2. The summed E-state index contributed by atoms with van der Waals surface area (Å²) < 4.78 is 0.694. The van der Waals surface area contributed by atoms with Gasteiger partial charge >= 0.3 is 5.97 Å². The summed E-state index contributed by atoms with van der Waals surface area (Å²) in [6, 6.07) is 10.6. The number of amides is 1. The summed E-state index contributed by atoms with van der Waals surface area (Å²) >= 11 is 3.27. The molecule has 2 aromatic rings. The number of hydrogen-bond acceptors (Lipinski definition) is 3. The molecular weight excluding hydrogens is 336 g/mol. The first kappa shape index (κ1) is 15.2. The number of rotatable bonds is 5. The van der Waals surface area contributed by atoms with Crippen LogP contribution in [-0.2, 0) is 4.79 Å². The molecule has 0 bridgehead atoms. The Bertz CT molecular complexity index is 646. The van der Waals surface area contributed by atoms with Crippen LogP contribution in [0.1, 0.15) is 16.8 Å². The molecular formula is C15H13BrN2O3. The number of carbonyl (C=O) groups is 2. The number of aliphatic carboxylic acids is 1. The number of nitrogens with zero attached hydrogens (tertiary/aromatic N) is 2. The van der Waals surface area contributed by atoms with Gasteiger partial charge in [-0.2, -0.15) is 0 Å². The number of halogens is 1. The van der Waals surface area contributed by atoms with Gasteiger partial charge in [0.1, 0.15) is 0 Å². The maximum Gasteiger partial charge on any atom is 0.305 e. The highest BCUT2D eigenvalue weighted by molar-refractivity contribution is 9.10. The lowest BCUT2D eigenvalue weighted by Crippen LogP contribution is -2.33. The van der Waals surface area contributed by atoms with Crippen LogP contribution < -0.4 is 4.90 Å². The van der Waals surface area contributed by atoms with Crippen molar-refractivity contribution >= 4 is 33.5 Å². The van der Waals surface area contributed by atoms with Crippen molar-refractivity contribution in [2.24, 2.45) is 0 Å². The van der Waals surface area contributed by atoms with Gasteiger partial charge in [0.25, 0.3) is 5.91 Å². The first-order valence-electron chi connectivity index (χ1n) is 6.27. The molecule has 0 saturated carbocycles. The number of carboxylic acid groups (broad SMARTS) is 1. The molecule has 0 unspecified atom stereocenters. The molecule has 0 saturated heterocycles. The minimum absolute atomic E-state index is 0.102. The predicted molar refractivity (Wildman–Crippen MR) is 82.3 cm³/mol. The summed E-state index contributed by atoms with van der Waals surface area (Å²) in [7, 11) is 0. The molecule has 0 fully saturated rings. The zero-order valence-corrected chi connectivity index (χ0v) is 12.7. The summed E-state index contributed by atoms with van der Waals surface area (Å²) in [5.41, 5.74) is 1.06. The maximum absolute atomic E-state index is 12.6. The SMILES string of the molecule is O=C(O)CCN(C(=O)c1cncc(Br)c1)c1ccccc1. The van der Waals surface area contributed by atoms with Gasteiger partial charge in [0.2, 0.25) is 0 Å². The lowest BCUT2D eigenvalue weighted by atomic mass is 10.2. The molecule has 1 N–H and O–H groups in total. The average molecular weight is 349 g/mol. The van der Waals surface area contributed by atoms with Crippen molar-refractivity contribution < 1.29 is 14.7 Å². The highest BCUT2D eigenvalue weighted by atomic mass is 79.9. The van der Waals surface area contributed by atoms with Gasteiger partial charge in [-0.1, -0.05) is 18.2 Å². The Labute approximate surface area is 130 Å². The Morgan fingerprint density at radius 2 is 1.90 bits per heavy atom. The van der Waals surface area contributed by atoms with E-state index in [1.807, 2.05) is 6.07 Å². The number of para-hydroxylation sites is 1. The van der Waals surface area contributed by atoms with Crippen LogP contribution in [0.4, 0.5) is 5.69 Å². The van der Waals surface area contributed by atoms with Crippen molar-refractivity contribution in [2.75, 3.05) is 11.4 Å². The van der Waals surface area contributed by atoms with Crippen LogP contribution in [0.2, 0.25) is 0 Å². The molecule has 1 amide bonds. The molecule has 108 valence electrons. The minimum Gasteiger partial charge on any atom is -0.481 e. The van der Waals surface area contributed by atoms with Crippen LogP contribution >= 0.6 is 15.9 Å². The Kier molecular flexibility index (Phi) is 5.05. The van der Waals surface area contributed by atoms with Crippen molar-refractivity contribution in [3.63, 3.8) is 0 Å². The standard InChI is InChI=1S/C15H13BrN2O3/c16-12-8-11(9-17-10-12)15(21)18(7-6-14(19)20)13-4-2-1-3-5-13/h1-5,8-10H,6-7H2,(H,19,20). The fourth-order valence-corrected chi connectivity index (χ4v) is 2.21. The third-order valence-electron chi connectivity index (χ3n) is 2.81. The Hall–Kier alpha value is -2.21. The van der Waals surface area contributed by atoms with E-state index in [0.29, 0.717) is 15.7 Å². The number of benzene rings is 1.